The van der Waals surface area contributed by atoms with Gasteiger partial charge in [0.15, 0.2) is 5.82 Å². The summed E-state index contributed by atoms with van der Waals surface area (Å²) in [5, 5.41) is 13.9. The van der Waals surface area contributed by atoms with Crippen LogP contribution in [0.2, 0.25) is 0 Å². The number of aryl methyl sites for hydroxylation is 1. The van der Waals surface area contributed by atoms with Crippen molar-refractivity contribution in [3.63, 3.8) is 0 Å². The molecule has 21 heavy (non-hydrogen) atoms. The van der Waals surface area contributed by atoms with Crippen LogP contribution in [0.3, 0.4) is 0 Å². The number of anilines is 1. The van der Waals surface area contributed by atoms with E-state index in [1.165, 1.54) is 6.07 Å². The lowest BCUT2D eigenvalue weighted by molar-refractivity contribution is -0.386. The molecule has 8 heteroatoms. The molecule has 0 spiro atoms. The fourth-order valence-electron chi connectivity index (χ4n) is 1.74. The maximum Gasteiger partial charge on any atom is 0.312 e. The first kappa shape index (κ1) is 15.2. The molecule has 0 unspecified atom stereocenters. The van der Waals surface area contributed by atoms with E-state index in [1.54, 1.807) is 25.2 Å². The van der Waals surface area contributed by atoms with Crippen LogP contribution in [0.25, 0.3) is 0 Å². The Morgan fingerprint density at radius 2 is 2.19 bits per heavy atom. The van der Waals surface area contributed by atoms with Gasteiger partial charge in [-0.3, -0.25) is 10.1 Å². The first-order valence-electron chi connectivity index (χ1n) is 6.09. The zero-order chi connectivity index (χ0) is 15.4. The van der Waals surface area contributed by atoms with Crippen molar-refractivity contribution in [1.29, 1.82) is 0 Å². The van der Waals surface area contributed by atoms with Crippen molar-refractivity contribution in [3.05, 3.63) is 50.4 Å². The monoisotopic (exact) mass is 352 g/mol. The zero-order valence-electron chi connectivity index (χ0n) is 11.5. The zero-order valence-corrected chi connectivity index (χ0v) is 13.0. The van der Waals surface area contributed by atoms with Crippen LogP contribution in [-0.2, 0) is 6.61 Å². The maximum absolute atomic E-state index is 11.0. The highest BCUT2D eigenvalue weighted by Gasteiger charge is 2.18. The quantitative estimate of drug-likeness (QED) is 0.656. The molecule has 0 aliphatic heterocycles. The molecule has 0 atom stereocenters. The molecule has 2 aromatic rings. The van der Waals surface area contributed by atoms with Gasteiger partial charge in [-0.05, 0) is 28.9 Å². The Morgan fingerprint density at radius 3 is 2.86 bits per heavy atom. The van der Waals surface area contributed by atoms with E-state index in [0.717, 1.165) is 5.69 Å². The number of aromatic nitrogens is 2. The largest absolute Gasteiger partial charge is 0.478 e. The number of nitro benzene ring substituents is 1. The Morgan fingerprint density at radius 1 is 1.43 bits per heavy atom. The van der Waals surface area contributed by atoms with E-state index in [4.69, 9.17) is 4.74 Å². The molecule has 1 aromatic heterocycles. The molecule has 0 saturated carbocycles. The molecule has 2 rings (SSSR count). The first-order valence-corrected chi connectivity index (χ1v) is 6.88. The molecule has 0 bridgehead atoms. The predicted octanol–water partition coefficient (Wildman–Crippen LogP) is 3.08. The summed E-state index contributed by atoms with van der Waals surface area (Å²) in [4.78, 5) is 19.0. The summed E-state index contributed by atoms with van der Waals surface area (Å²) in [5.41, 5.74) is 0.681. The molecule has 0 radical (unpaired) electrons. The molecule has 1 N–H and O–H groups in total. The number of halogens is 1. The molecule has 1 aromatic carbocycles. The van der Waals surface area contributed by atoms with Crippen LogP contribution in [0.5, 0.6) is 5.75 Å². The van der Waals surface area contributed by atoms with E-state index in [0.29, 0.717) is 16.1 Å². The molecule has 7 nitrogen and oxygen atoms in total. The van der Waals surface area contributed by atoms with Crippen molar-refractivity contribution in [3.8, 4) is 5.75 Å². The number of nitrogens with zero attached hydrogens (tertiary/aromatic N) is 3. The SMILES string of the molecule is CNc1cc(C)nc(COc2c(Br)cccc2[N+](=O)[O-])n1. The van der Waals surface area contributed by atoms with Crippen LogP contribution in [-0.4, -0.2) is 21.9 Å². The Balaban J connectivity index is 2.24. The Bertz CT molecular complexity index is 678. The second-order valence-electron chi connectivity index (χ2n) is 4.19. The minimum absolute atomic E-state index is 0.0415. The Labute approximate surface area is 129 Å². The third-order valence-electron chi connectivity index (χ3n) is 2.65. The maximum atomic E-state index is 11.0. The molecular formula is C13H13BrN4O3. The molecule has 0 saturated heterocycles. The van der Waals surface area contributed by atoms with Crippen molar-refractivity contribution >= 4 is 27.4 Å². The van der Waals surface area contributed by atoms with Gasteiger partial charge < -0.3 is 10.1 Å². The normalized spacial score (nSPS) is 10.2. The van der Waals surface area contributed by atoms with Gasteiger partial charge in [-0.2, -0.15) is 0 Å². The Hall–Kier alpha value is -2.22. The lowest BCUT2D eigenvalue weighted by Gasteiger charge is -2.09. The van der Waals surface area contributed by atoms with E-state index in [1.807, 2.05) is 6.92 Å². The second kappa shape index (κ2) is 6.49. The lowest BCUT2D eigenvalue weighted by Crippen LogP contribution is -2.06. The number of ether oxygens (including phenoxy) is 1. The fraction of sp³-hybridized carbons (Fsp3) is 0.231. The molecule has 110 valence electrons. The van der Waals surface area contributed by atoms with Crippen molar-refractivity contribution in [2.75, 3.05) is 12.4 Å². The van der Waals surface area contributed by atoms with Crippen molar-refractivity contribution in [1.82, 2.24) is 9.97 Å². The van der Waals surface area contributed by atoms with Crippen molar-refractivity contribution < 1.29 is 9.66 Å². The highest BCUT2D eigenvalue weighted by Crippen LogP contribution is 2.35. The molecule has 1 heterocycles. The number of nitro groups is 1. The lowest BCUT2D eigenvalue weighted by atomic mass is 10.3. The average molecular weight is 353 g/mol. The van der Waals surface area contributed by atoms with Crippen molar-refractivity contribution in [2.45, 2.75) is 13.5 Å². The Kier molecular flexibility index (Phi) is 4.69. The topological polar surface area (TPSA) is 90.2 Å². The van der Waals surface area contributed by atoms with E-state index in [2.05, 4.69) is 31.2 Å². The van der Waals surface area contributed by atoms with E-state index >= 15 is 0 Å². The predicted molar refractivity (Wildman–Crippen MR) is 81.4 cm³/mol. The van der Waals surface area contributed by atoms with Crippen LogP contribution in [0.4, 0.5) is 11.5 Å². The summed E-state index contributed by atoms with van der Waals surface area (Å²) >= 11 is 3.25. The van der Waals surface area contributed by atoms with Gasteiger partial charge >= 0.3 is 5.69 Å². The standard InChI is InChI=1S/C13H13BrN4O3/c1-8-6-11(15-2)17-12(16-8)7-21-13-9(14)4-3-5-10(13)18(19)20/h3-6H,7H2,1-2H3,(H,15,16,17). The number of nitrogens with one attached hydrogen (secondary N) is 1. The number of para-hydroxylation sites is 1. The van der Waals surface area contributed by atoms with Gasteiger partial charge in [0, 0.05) is 24.9 Å². The van der Waals surface area contributed by atoms with Crippen LogP contribution >= 0.6 is 15.9 Å². The van der Waals surface area contributed by atoms with Gasteiger partial charge in [-0.15, -0.1) is 0 Å². The van der Waals surface area contributed by atoms with E-state index in [-0.39, 0.29) is 18.0 Å². The van der Waals surface area contributed by atoms with Crippen LogP contribution in [0.1, 0.15) is 11.5 Å². The van der Waals surface area contributed by atoms with Crippen LogP contribution in [0.15, 0.2) is 28.7 Å². The van der Waals surface area contributed by atoms with Gasteiger partial charge in [-0.25, -0.2) is 9.97 Å². The van der Waals surface area contributed by atoms with Gasteiger partial charge in [0.1, 0.15) is 12.4 Å². The molecular weight excluding hydrogens is 340 g/mol. The summed E-state index contributed by atoms with van der Waals surface area (Å²) in [6.07, 6.45) is 0. The first-order chi connectivity index (χ1) is 10.0. The molecule has 0 amide bonds. The number of hydrogen-bond donors (Lipinski definition) is 1. The van der Waals surface area contributed by atoms with Crippen molar-refractivity contribution in [2.24, 2.45) is 0 Å². The number of hydrogen-bond acceptors (Lipinski definition) is 6. The van der Waals surface area contributed by atoms with Gasteiger partial charge in [0.2, 0.25) is 5.75 Å². The van der Waals surface area contributed by atoms with E-state index < -0.39 is 4.92 Å². The summed E-state index contributed by atoms with van der Waals surface area (Å²) in [7, 11) is 1.75. The molecule has 0 fully saturated rings. The fourth-order valence-corrected chi connectivity index (χ4v) is 2.21. The van der Waals surface area contributed by atoms with Gasteiger partial charge in [0.05, 0.1) is 9.40 Å². The third-order valence-corrected chi connectivity index (χ3v) is 3.27. The molecule has 0 aliphatic rings. The molecule has 0 aliphatic carbocycles. The minimum atomic E-state index is -0.490. The number of benzene rings is 1. The highest BCUT2D eigenvalue weighted by atomic mass is 79.9. The van der Waals surface area contributed by atoms with Gasteiger partial charge in [0.25, 0.3) is 0 Å². The minimum Gasteiger partial charge on any atom is -0.478 e. The average Bonchev–Trinajstić information content (AvgIpc) is 2.45. The number of rotatable bonds is 5. The van der Waals surface area contributed by atoms with E-state index in [9.17, 15) is 10.1 Å². The summed E-state index contributed by atoms with van der Waals surface area (Å²) in [5.74, 6) is 1.28. The van der Waals surface area contributed by atoms with Crippen LogP contribution < -0.4 is 10.1 Å². The third kappa shape index (κ3) is 3.66. The second-order valence-corrected chi connectivity index (χ2v) is 5.05. The smallest absolute Gasteiger partial charge is 0.312 e. The van der Waals surface area contributed by atoms with Gasteiger partial charge in [-0.1, -0.05) is 6.07 Å². The van der Waals surface area contributed by atoms with Crippen LogP contribution in [0, 0.1) is 17.0 Å². The summed E-state index contributed by atoms with van der Waals surface area (Å²) in [6.45, 7) is 1.88. The summed E-state index contributed by atoms with van der Waals surface area (Å²) < 4.78 is 6.04. The highest BCUT2D eigenvalue weighted by molar-refractivity contribution is 9.10. The summed E-state index contributed by atoms with van der Waals surface area (Å²) in [6, 6.07) is 6.44.